The molecule has 1 unspecified atom stereocenters. The Balaban J connectivity index is 1.65. The summed E-state index contributed by atoms with van der Waals surface area (Å²) in [6.07, 6.45) is -10.8. The van der Waals surface area contributed by atoms with Gasteiger partial charge in [0.05, 0.1) is 11.0 Å². The van der Waals surface area contributed by atoms with Crippen LogP contribution in [-0.4, -0.2) is 51.3 Å². The van der Waals surface area contributed by atoms with Crippen LogP contribution in [0.2, 0.25) is 0 Å². The average Bonchev–Trinajstić information content (AvgIpc) is 3.26. The number of aromatic nitrogens is 2. The Bertz CT molecular complexity index is 2430. The van der Waals surface area contributed by atoms with Crippen LogP contribution >= 0.6 is 11.8 Å². The Kier molecular flexibility index (Phi) is 6.63. The van der Waals surface area contributed by atoms with Crippen molar-refractivity contribution in [3.63, 3.8) is 0 Å². The summed E-state index contributed by atoms with van der Waals surface area (Å²) in [5.41, 5.74) is -7.04. The highest BCUT2D eigenvalue weighted by molar-refractivity contribution is 7.98. The molecule has 254 valence electrons. The quantitative estimate of drug-likeness (QED) is 0.0826. The van der Waals surface area contributed by atoms with Crippen LogP contribution in [0.25, 0.3) is 11.1 Å². The molecule has 6 nitrogen and oxygen atoms in total. The van der Waals surface area contributed by atoms with E-state index >= 15 is 0 Å². The number of halogens is 4. The van der Waals surface area contributed by atoms with Crippen molar-refractivity contribution in [2.45, 2.75) is 63.6 Å². The SMILES string of the molecule is [2H]c1c([2H])c(C([2H])([2H])Sc2nc(=O)c3c(n2CC(=O)N(CCN(C([2H])([2H])C)C([2H])([2H])C)Cc2ccc(-c4ccc(C(F)(F)F)cc4)cc2)C([2H])([2H])C([2H])(C)C3([2H])[2H])c([2H])c([2H])c1F. The number of amides is 1. The van der Waals surface area contributed by atoms with Crippen LogP contribution in [0, 0.1) is 11.7 Å². The van der Waals surface area contributed by atoms with Crippen molar-refractivity contribution < 1.29 is 42.9 Å². The Morgan fingerprint density at radius 2 is 1.65 bits per heavy atom. The lowest BCUT2D eigenvalue weighted by atomic mass is 10.0. The maximum absolute atomic E-state index is 14.7. The lowest BCUT2D eigenvalue weighted by molar-refractivity contribution is -0.137. The highest BCUT2D eigenvalue weighted by atomic mass is 32.2. The molecule has 0 bridgehead atoms. The van der Waals surface area contributed by atoms with Crippen molar-refractivity contribution in [3.05, 3.63) is 117 Å². The van der Waals surface area contributed by atoms with Gasteiger partial charge in [-0.15, -0.1) is 0 Å². The van der Waals surface area contributed by atoms with E-state index in [2.05, 4.69) is 4.98 Å². The molecule has 1 aliphatic rings. The number of nitrogens with zero attached hydrogens (tertiary/aromatic N) is 4. The van der Waals surface area contributed by atoms with Crippen molar-refractivity contribution in [1.29, 1.82) is 0 Å². The number of hydrogen-bond acceptors (Lipinski definition) is 5. The third-order valence-electron chi connectivity index (χ3n) is 7.26. The van der Waals surface area contributed by atoms with Gasteiger partial charge in [-0.25, -0.2) is 4.39 Å². The van der Waals surface area contributed by atoms with E-state index in [-0.39, 0.29) is 18.3 Å². The normalized spacial score (nSPS) is 23.5. The maximum atomic E-state index is 14.7. The fourth-order valence-electron chi connectivity index (χ4n) is 4.80. The Morgan fingerprint density at radius 3 is 2.25 bits per heavy atom. The topological polar surface area (TPSA) is 58.4 Å². The van der Waals surface area contributed by atoms with Crippen LogP contribution in [0.4, 0.5) is 17.6 Å². The molecule has 0 saturated heterocycles. The number of benzene rings is 3. The molecular weight excluding hydrogens is 640 g/mol. The van der Waals surface area contributed by atoms with Gasteiger partial charge >= 0.3 is 6.18 Å². The van der Waals surface area contributed by atoms with E-state index < -0.39 is 132 Å². The van der Waals surface area contributed by atoms with Gasteiger partial charge in [0.25, 0.3) is 5.56 Å². The molecule has 4 aromatic rings. The molecule has 11 heteroatoms. The summed E-state index contributed by atoms with van der Waals surface area (Å²) in [4.78, 5) is 34.0. The summed E-state index contributed by atoms with van der Waals surface area (Å²) in [6, 6.07) is 5.73. The van der Waals surface area contributed by atoms with E-state index in [1.165, 1.54) is 24.3 Å². The van der Waals surface area contributed by atoms with Crippen molar-refractivity contribution in [3.8, 4) is 11.1 Å². The first-order chi connectivity index (χ1) is 28.6. The van der Waals surface area contributed by atoms with Crippen LogP contribution in [0.1, 0.15) is 69.3 Å². The maximum Gasteiger partial charge on any atom is 0.416 e. The van der Waals surface area contributed by atoms with Gasteiger partial charge in [0.1, 0.15) is 12.4 Å². The zero-order valence-corrected chi connectivity index (χ0v) is 26.8. The van der Waals surface area contributed by atoms with Crippen LogP contribution < -0.4 is 5.56 Å². The second-order valence-corrected chi connectivity index (χ2v) is 11.2. The highest BCUT2D eigenvalue weighted by Gasteiger charge is 2.30. The Labute approximate surface area is 303 Å². The molecular formula is C37H40F4N4O2S. The van der Waals surface area contributed by atoms with E-state index in [0.717, 1.165) is 42.7 Å². The molecule has 5 rings (SSSR count). The van der Waals surface area contributed by atoms with Crippen LogP contribution in [0.5, 0.6) is 0 Å². The first-order valence-electron chi connectivity index (χ1n) is 22.0. The zero-order chi connectivity index (χ0) is 47.8. The van der Waals surface area contributed by atoms with Gasteiger partial charge in [-0.05, 0) is 78.1 Å². The Hall–Kier alpha value is -3.96. The third-order valence-corrected chi connectivity index (χ3v) is 8.06. The second kappa shape index (κ2) is 15.5. The number of likely N-dealkylation sites (N-methyl/N-ethyl adjacent to an activating group) is 1. The molecule has 1 heterocycles. The Morgan fingerprint density at radius 1 is 1.02 bits per heavy atom. The molecule has 48 heavy (non-hydrogen) atoms. The monoisotopic (exact) mass is 695 g/mol. The van der Waals surface area contributed by atoms with Crippen molar-refractivity contribution in [2.75, 3.05) is 26.1 Å². The van der Waals surface area contributed by atoms with E-state index in [4.69, 9.17) is 20.6 Å². The number of carbonyl (C=O) groups is 1. The lowest BCUT2D eigenvalue weighted by Gasteiger charge is -2.28. The molecule has 0 spiro atoms. The second-order valence-electron chi connectivity index (χ2n) is 10.5. The predicted molar refractivity (Wildman–Crippen MR) is 181 cm³/mol. The van der Waals surface area contributed by atoms with Crippen LogP contribution in [0.15, 0.2) is 82.7 Å². The minimum Gasteiger partial charge on any atom is -0.336 e. The third kappa shape index (κ3) is 8.73. The number of carbonyl (C=O) groups excluding carboxylic acids is 1. The molecule has 0 N–H and O–H groups in total. The molecule has 0 saturated carbocycles. The van der Waals surface area contributed by atoms with E-state index in [9.17, 15) is 27.2 Å². The fourth-order valence-corrected chi connectivity index (χ4v) is 5.49. The van der Waals surface area contributed by atoms with E-state index in [0.29, 0.717) is 21.3 Å². The minimum atomic E-state index is -4.56. The summed E-state index contributed by atoms with van der Waals surface area (Å²) in [5.74, 6) is -5.35. The largest absolute Gasteiger partial charge is 0.416 e. The summed E-state index contributed by atoms with van der Waals surface area (Å²) < 4.78 is 182. The van der Waals surface area contributed by atoms with E-state index in [1.807, 2.05) is 0 Å². The fraction of sp³-hybridized carbons (Fsp3) is 0.378. The smallest absolute Gasteiger partial charge is 0.336 e. The van der Waals surface area contributed by atoms with Gasteiger partial charge in [-0.2, -0.15) is 18.2 Å². The lowest BCUT2D eigenvalue weighted by Crippen LogP contribution is -2.40. The van der Waals surface area contributed by atoms with Gasteiger partial charge < -0.3 is 14.4 Å². The molecule has 0 radical (unpaired) electrons. The van der Waals surface area contributed by atoms with Gasteiger partial charge in [0, 0.05) is 51.7 Å². The van der Waals surface area contributed by atoms with Crippen molar-refractivity contribution >= 4 is 17.7 Å². The summed E-state index contributed by atoms with van der Waals surface area (Å²) in [5, 5.41) is -0.840. The first-order valence-corrected chi connectivity index (χ1v) is 15.3. The number of hydrogen-bond donors (Lipinski definition) is 0. The number of thioether (sulfide) groups is 1. The molecule has 1 amide bonds. The molecule has 1 aromatic heterocycles. The summed E-state index contributed by atoms with van der Waals surface area (Å²) >= 11 is -0.0921. The number of alkyl halides is 3. The molecule has 0 aliphatic heterocycles. The molecule has 0 fully saturated rings. The van der Waals surface area contributed by atoms with Crippen molar-refractivity contribution in [1.82, 2.24) is 19.4 Å². The zero-order valence-electron chi connectivity index (χ0n) is 41.0. The number of rotatable bonds is 13. The summed E-state index contributed by atoms with van der Waals surface area (Å²) in [7, 11) is 0. The van der Waals surface area contributed by atoms with Crippen LogP contribution in [0.3, 0.4) is 0 Å². The molecule has 3 aromatic carbocycles. The van der Waals surface area contributed by atoms with Gasteiger partial charge in [-0.3, -0.25) is 9.59 Å². The first kappa shape index (κ1) is 20.5. The van der Waals surface area contributed by atoms with Gasteiger partial charge in [-0.1, -0.05) is 81.0 Å². The van der Waals surface area contributed by atoms with E-state index in [1.54, 1.807) is 12.1 Å². The van der Waals surface area contributed by atoms with Crippen LogP contribution in [-0.2, 0) is 42.5 Å². The predicted octanol–water partition coefficient (Wildman–Crippen LogP) is 7.47. The molecule has 1 atom stereocenters. The average molecular weight is 696 g/mol. The summed E-state index contributed by atoms with van der Waals surface area (Å²) in [6.45, 7) is -3.88. The highest BCUT2D eigenvalue weighted by Crippen LogP contribution is 2.32. The minimum absolute atomic E-state index is 0.0921. The van der Waals surface area contributed by atoms with Gasteiger partial charge in [0.15, 0.2) is 5.16 Å². The number of fused-ring (bicyclic) bond motifs is 1. The standard InChI is InChI=1S/C37H40F4N4O2S/c1-4-43(5-2)18-19-44(22-26-6-10-28(11-7-26)29-12-14-30(15-13-29)37(39,40)41)34(46)23-45-33-21-25(3)20-32(33)35(47)42-36(45)48-24-27-8-16-31(38)17-9-27/h6-17,25H,4-5,18-24H2,1-3H3/i4D2,5D2,8D,9D,16D,17D,20D2,21D2,24D2,25D. The molecule has 1 aliphatic carbocycles. The van der Waals surface area contributed by atoms with Gasteiger partial charge in [0.2, 0.25) is 5.91 Å². The van der Waals surface area contributed by atoms with Crippen molar-refractivity contribution in [2.24, 2.45) is 5.89 Å².